The molecule has 2 heterocycles. The monoisotopic (exact) mass is 450 g/mol. The third-order valence-electron chi connectivity index (χ3n) is 6.24. The number of carbonyl (C=O) groups excluding carboxylic acids is 3. The molecule has 8 heteroatoms. The quantitative estimate of drug-likeness (QED) is 0.618. The number of amides is 3. The molecule has 2 aromatic rings. The molecule has 0 radical (unpaired) electrons. The highest BCUT2D eigenvalue weighted by atomic mass is 16.5. The van der Waals surface area contributed by atoms with E-state index in [0.29, 0.717) is 18.5 Å². The van der Waals surface area contributed by atoms with Crippen LogP contribution in [0.25, 0.3) is 0 Å². The maximum atomic E-state index is 12.7. The molecule has 2 fully saturated rings. The van der Waals surface area contributed by atoms with Gasteiger partial charge in [-0.05, 0) is 37.2 Å². The number of carbonyl (C=O) groups is 3. The summed E-state index contributed by atoms with van der Waals surface area (Å²) in [6.45, 7) is 4.82. The summed E-state index contributed by atoms with van der Waals surface area (Å²) in [5.74, 6) is 0.00654. The lowest BCUT2D eigenvalue weighted by Gasteiger charge is -2.36. The third-order valence-corrected chi connectivity index (χ3v) is 6.24. The number of nitrogens with zero attached hydrogens (tertiary/aromatic N) is 3. The van der Waals surface area contributed by atoms with Gasteiger partial charge in [0.15, 0.2) is 0 Å². The van der Waals surface area contributed by atoms with Gasteiger partial charge in [0.1, 0.15) is 11.8 Å². The minimum absolute atomic E-state index is 0.0228. The van der Waals surface area contributed by atoms with Crippen LogP contribution in [0.1, 0.15) is 23.2 Å². The third kappa shape index (κ3) is 5.34. The number of methoxy groups -OCH3 is 1. The van der Waals surface area contributed by atoms with Crippen molar-refractivity contribution < 1.29 is 19.1 Å². The largest absolute Gasteiger partial charge is 0.495 e. The van der Waals surface area contributed by atoms with Gasteiger partial charge in [-0.15, -0.1) is 0 Å². The average Bonchev–Trinajstić information content (AvgIpc) is 3.12. The molecular formula is C25H30N4O4. The summed E-state index contributed by atoms with van der Waals surface area (Å²) in [5, 5.41) is 2.70. The van der Waals surface area contributed by atoms with Crippen LogP contribution in [0, 0.1) is 0 Å². The number of piperazine rings is 1. The van der Waals surface area contributed by atoms with Gasteiger partial charge >= 0.3 is 0 Å². The normalized spacial score (nSPS) is 19.1. The molecule has 3 amide bonds. The Kier molecular flexibility index (Phi) is 7.24. The van der Waals surface area contributed by atoms with E-state index in [1.807, 2.05) is 24.3 Å². The van der Waals surface area contributed by atoms with E-state index in [-0.39, 0.29) is 24.1 Å². The molecular weight excluding hydrogens is 420 g/mol. The van der Waals surface area contributed by atoms with Gasteiger partial charge < -0.3 is 15.0 Å². The van der Waals surface area contributed by atoms with E-state index < -0.39 is 6.04 Å². The first-order valence-electron chi connectivity index (χ1n) is 11.4. The SMILES string of the molecule is COc1ccccc1N1CCN(CCCN2C(=O)C[C@H](NC(=O)c3ccccc3)C2=O)CC1. The topological polar surface area (TPSA) is 82.2 Å². The summed E-state index contributed by atoms with van der Waals surface area (Å²) in [4.78, 5) is 43.4. The fourth-order valence-electron chi connectivity index (χ4n) is 4.42. The van der Waals surface area contributed by atoms with Crippen molar-refractivity contribution in [2.75, 3.05) is 51.3 Å². The van der Waals surface area contributed by atoms with E-state index in [4.69, 9.17) is 4.74 Å². The van der Waals surface area contributed by atoms with E-state index in [2.05, 4.69) is 21.2 Å². The number of benzene rings is 2. The Bertz CT molecular complexity index is 989. The number of rotatable bonds is 8. The highest BCUT2D eigenvalue weighted by Crippen LogP contribution is 2.28. The highest BCUT2D eigenvalue weighted by molar-refractivity contribution is 6.08. The second kappa shape index (κ2) is 10.5. The Labute approximate surface area is 194 Å². The first-order chi connectivity index (χ1) is 16.1. The van der Waals surface area contributed by atoms with Gasteiger partial charge in [0.05, 0.1) is 19.2 Å². The van der Waals surface area contributed by atoms with Crippen molar-refractivity contribution in [2.24, 2.45) is 0 Å². The predicted molar refractivity (Wildman–Crippen MR) is 125 cm³/mol. The lowest BCUT2D eigenvalue weighted by Crippen LogP contribution is -2.47. The average molecular weight is 451 g/mol. The number of likely N-dealkylation sites (tertiary alicyclic amines) is 1. The highest BCUT2D eigenvalue weighted by Gasteiger charge is 2.39. The Morgan fingerprint density at radius 1 is 0.970 bits per heavy atom. The molecule has 1 atom stereocenters. The molecule has 4 rings (SSSR count). The number of para-hydroxylation sites is 2. The van der Waals surface area contributed by atoms with Gasteiger partial charge in [-0.3, -0.25) is 24.2 Å². The summed E-state index contributed by atoms with van der Waals surface area (Å²) >= 11 is 0. The van der Waals surface area contributed by atoms with Gasteiger partial charge in [0, 0.05) is 38.3 Å². The van der Waals surface area contributed by atoms with Crippen LogP contribution < -0.4 is 15.0 Å². The van der Waals surface area contributed by atoms with E-state index >= 15 is 0 Å². The smallest absolute Gasteiger partial charge is 0.252 e. The van der Waals surface area contributed by atoms with Crippen LogP contribution in [0.15, 0.2) is 54.6 Å². The molecule has 1 N–H and O–H groups in total. The van der Waals surface area contributed by atoms with Crippen LogP contribution in [-0.2, 0) is 9.59 Å². The van der Waals surface area contributed by atoms with Crippen LogP contribution in [0.3, 0.4) is 0 Å². The number of nitrogens with one attached hydrogen (secondary N) is 1. The Morgan fingerprint density at radius 2 is 1.67 bits per heavy atom. The number of hydrogen-bond donors (Lipinski definition) is 1. The summed E-state index contributed by atoms with van der Waals surface area (Å²) in [6, 6.07) is 16.0. The summed E-state index contributed by atoms with van der Waals surface area (Å²) in [5.41, 5.74) is 1.58. The first-order valence-corrected chi connectivity index (χ1v) is 11.4. The van der Waals surface area contributed by atoms with Crippen molar-refractivity contribution in [3.05, 3.63) is 60.2 Å². The number of imide groups is 1. The lowest BCUT2D eigenvalue weighted by atomic mass is 10.2. The second-order valence-corrected chi connectivity index (χ2v) is 8.33. The van der Waals surface area contributed by atoms with E-state index in [0.717, 1.165) is 44.2 Å². The number of hydrogen-bond acceptors (Lipinski definition) is 6. The molecule has 0 unspecified atom stereocenters. The van der Waals surface area contributed by atoms with E-state index in [1.54, 1.807) is 31.4 Å². The van der Waals surface area contributed by atoms with Crippen molar-refractivity contribution in [3.63, 3.8) is 0 Å². The summed E-state index contributed by atoms with van der Waals surface area (Å²) in [6.07, 6.45) is 0.737. The fraction of sp³-hybridized carbons (Fsp3) is 0.400. The van der Waals surface area contributed by atoms with Gasteiger partial charge in [-0.2, -0.15) is 0 Å². The van der Waals surface area contributed by atoms with Crippen molar-refractivity contribution in [3.8, 4) is 5.75 Å². The number of anilines is 1. The van der Waals surface area contributed by atoms with Gasteiger partial charge in [0.25, 0.3) is 11.8 Å². The summed E-state index contributed by atoms with van der Waals surface area (Å²) in [7, 11) is 1.69. The summed E-state index contributed by atoms with van der Waals surface area (Å²) < 4.78 is 5.47. The zero-order valence-electron chi connectivity index (χ0n) is 18.9. The van der Waals surface area contributed by atoms with Gasteiger partial charge in [-0.25, -0.2) is 0 Å². The standard InChI is InChI=1S/C25H30N4O4/c1-33-22-11-6-5-10-21(22)28-16-14-27(15-17-28)12-7-13-29-23(30)18-20(25(29)32)26-24(31)19-8-3-2-4-9-19/h2-6,8-11,20H,7,12-18H2,1H3,(H,26,31)/t20-/m0/s1. The Balaban J connectivity index is 1.22. The van der Waals surface area contributed by atoms with E-state index in [9.17, 15) is 14.4 Å². The van der Waals surface area contributed by atoms with Gasteiger partial charge in [0.2, 0.25) is 5.91 Å². The molecule has 2 aliphatic heterocycles. The van der Waals surface area contributed by atoms with Crippen LogP contribution in [-0.4, -0.2) is 79.9 Å². The maximum absolute atomic E-state index is 12.7. The number of ether oxygens (including phenoxy) is 1. The fourth-order valence-corrected chi connectivity index (χ4v) is 4.42. The van der Waals surface area contributed by atoms with Crippen molar-refractivity contribution in [2.45, 2.75) is 18.9 Å². The molecule has 174 valence electrons. The maximum Gasteiger partial charge on any atom is 0.252 e. The Morgan fingerprint density at radius 3 is 2.39 bits per heavy atom. The predicted octanol–water partition coefficient (Wildman–Crippen LogP) is 1.76. The van der Waals surface area contributed by atoms with Gasteiger partial charge in [-0.1, -0.05) is 30.3 Å². The minimum Gasteiger partial charge on any atom is -0.495 e. The second-order valence-electron chi connectivity index (χ2n) is 8.33. The molecule has 8 nitrogen and oxygen atoms in total. The molecule has 2 aliphatic rings. The molecule has 2 aromatic carbocycles. The van der Waals surface area contributed by atoms with Crippen molar-refractivity contribution in [1.82, 2.24) is 15.1 Å². The van der Waals surface area contributed by atoms with Crippen LogP contribution in [0.2, 0.25) is 0 Å². The zero-order valence-corrected chi connectivity index (χ0v) is 18.9. The molecule has 0 spiro atoms. The molecule has 33 heavy (non-hydrogen) atoms. The van der Waals surface area contributed by atoms with Crippen LogP contribution in [0.4, 0.5) is 5.69 Å². The first kappa shape index (κ1) is 22.8. The molecule has 0 aromatic heterocycles. The lowest BCUT2D eigenvalue weighted by molar-refractivity contribution is -0.138. The van der Waals surface area contributed by atoms with Crippen molar-refractivity contribution >= 4 is 23.4 Å². The molecule has 0 aliphatic carbocycles. The van der Waals surface area contributed by atoms with E-state index in [1.165, 1.54) is 4.90 Å². The minimum atomic E-state index is -0.783. The van der Waals surface area contributed by atoms with Crippen molar-refractivity contribution in [1.29, 1.82) is 0 Å². The Hall–Kier alpha value is -3.39. The molecule has 0 saturated carbocycles. The molecule has 2 saturated heterocycles. The zero-order chi connectivity index (χ0) is 23.2. The molecule has 0 bridgehead atoms. The van der Waals surface area contributed by atoms with Crippen LogP contribution >= 0.6 is 0 Å². The van der Waals surface area contributed by atoms with Crippen LogP contribution in [0.5, 0.6) is 5.75 Å².